The Morgan fingerprint density at radius 2 is 1.79 bits per heavy atom. The molecule has 0 aliphatic heterocycles. The van der Waals surface area contributed by atoms with Crippen LogP contribution in [0.25, 0.3) is 0 Å². The first kappa shape index (κ1) is 13.4. The van der Waals surface area contributed by atoms with E-state index < -0.39 is 12.0 Å². The Morgan fingerprint density at radius 1 is 1.16 bits per heavy atom. The Hall–Kier alpha value is -2.00. The molecule has 0 amide bonds. The highest BCUT2D eigenvalue weighted by Crippen LogP contribution is 2.23. The van der Waals surface area contributed by atoms with Crippen molar-refractivity contribution < 1.29 is 9.90 Å². The molecule has 1 unspecified atom stereocenters. The third kappa shape index (κ3) is 3.26. The summed E-state index contributed by atoms with van der Waals surface area (Å²) in [6.45, 7) is 1.93. The molecule has 98 valence electrons. The predicted molar refractivity (Wildman–Crippen MR) is 76.6 cm³/mol. The van der Waals surface area contributed by atoms with Gasteiger partial charge in [0, 0.05) is 10.7 Å². The number of hydrogen-bond acceptors (Lipinski definition) is 2. The van der Waals surface area contributed by atoms with Crippen molar-refractivity contribution in [2.24, 2.45) is 0 Å². The average Bonchev–Trinajstić information content (AvgIpc) is 2.39. The zero-order chi connectivity index (χ0) is 13.8. The second kappa shape index (κ2) is 5.76. The van der Waals surface area contributed by atoms with E-state index in [1.54, 1.807) is 24.3 Å². The summed E-state index contributed by atoms with van der Waals surface area (Å²) < 4.78 is 0. The second-order valence-electron chi connectivity index (χ2n) is 4.28. The maximum atomic E-state index is 11.4. The lowest BCUT2D eigenvalue weighted by molar-refractivity contribution is -0.138. The molecule has 4 heteroatoms. The molecule has 2 N–H and O–H groups in total. The molecular formula is C15H14ClNO2. The van der Waals surface area contributed by atoms with Gasteiger partial charge in [0.2, 0.25) is 0 Å². The standard InChI is InChI=1S/C15H14ClNO2/c1-10-4-2-3-5-13(10)17-14(15(18)19)11-6-8-12(16)9-7-11/h2-9,14,17H,1H3,(H,18,19). The average molecular weight is 276 g/mol. The number of anilines is 1. The highest BCUT2D eigenvalue weighted by Gasteiger charge is 2.19. The smallest absolute Gasteiger partial charge is 0.330 e. The molecule has 2 aromatic carbocycles. The van der Waals surface area contributed by atoms with Crippen molar-refractivity contribution in [3.63, 3.8) is 0 Å². The van der Waals surface area contributed by atoms with Crippen LogP contribution in [0.4, 0.5) is 5.69 Å². The molecular weight excluding hydrogens is 262 g/mol. The lowest BCUT2D eigenvalue weighted by Gasteiger charge is -2.17. The SMILES string of the molecule is Cc1ccccc1NC(C(=O)O)c1ccc(Cl)cc1. The summed E-state index contributed by atoms with van der Waals surface area (Å²) in [4.78, 5) is 11.4. The largest absolute Gasteiger partial charge is 0.479 e. The quantitative estimate of drug-likeness (QED) is 0.890. The third-order valence-corrected chi connectivity index (χ3v) is 3.15. The van der Waals surface area contributed by atoms with Gasteiger partial charge >= 0.3 is 5.97 Å². The van der Waals surface area contributed by atoms with Crippen LogP contribution in [0, 0.1) is 6.92 Å². The summed E-state index contributed by atoms with van der Waals surface area (Å²) in [5.41, 5.74) is 2.48. The number of para-hydroxylation sites is 1. The maximum Gasteiger partial charge on any atom is 0.330 e. The number of aliphatic carboxylic acids is 1. The Kier molecular flexibility index (Phi) is 4.07. The van der Waals surface area contributed by atoms with Crippen molar-refractivity contribution in [1.29, 1.82) is 0 Å². The summed E-state index contributed by atoms with van der Waals surface area (Å²) in [5.74, 6) is -0.925. The minimum absolute atomic E-state index is 0.587. The summed E-state index contributed by atoms with van der Waals surface area (Å²) in [7, 11) is 0. The number of rotatable bonds is 4. The van der Waals surface area contributed by atoms with Gasteiger partial charge < -0.3 is 10.4 Å². The van der Waals surface area contributed by atoms with E-state index in [2.05, 4.69) is 5.32 Å². The van der Waals surface area contributed by atoms with E-state index in [1.807, 2.05) is 31.2 Å². The number of benzene rings is 2. The van der Waals surface area contributed by atoms with Crippen LogP contribution in [0.5, 0.6) is 0 Å². The Balaban J connectivity index is 2.29. The summed E-state index contributed by atoms with van der Waals surface area (Å²) >= 11 is 5.81. The van der Waals surface area contributed by atoms with Crippen molar-refractivity contribution in [2.45, 2.75) is 13.0 Å². The van der Waals surface area contributed by atoms with Crippen LogP contribution in [0.3, 0.4) is 0 Å². The molecule has 2 aromatic rings. The van der Waals surface area contributed by atoms with Crippen molar-refractivity contribution in [3.8, 4) is 0 Å². The topological polar surface area (TPSA) is 49.3 Å². The lowest BCUT2D eigenvalue weighted by Crippen LogP contribution is -2.20. The molecule has 0 aliphatic carbocycles. The van der Waals surface area contributed by atoms with Gasteiger partial charge in [-0.25, -0.2) is 4.79 Å². The number of nitrogens with one attached hydrogen (secondary N) is 1. The minimum atomic E-state index is -0.925. The molecule has 1 atom stereocenters. The van der Waals surface area contributed by atoms with Crippen LogP contribution in [0.1, 0.15) is 17.2 Å². The summed E-state index contributed by atoms with van der Waals surface area (Å²) in [5, 5.41) is 13.0. The lowest BCUT2D eigenvalue weighted by atomic mass is 10.1. The van der Waals surface area contributed by atoms with Crippen LogP contribution < -0.4 is 5.32 Å². The number of carbonyl (C=O) groups is 1. The van der Waals surface area contributed by atoms with E-state index in [0.717, 1.165) is 11.3 Å². The number of halogens is 1. The first-order valence-corrected chi connectivity index (χ1v) is 6.26. The number of carboxylic acid groups (broad SMARTS) is 1. The second-order valence-corrected chi connectivity index (χ2v) is 4.72. The first-order valence-electron chi connectivity index (χ1n) is 5.88. The van der Waals surface area contributed by atoms with Crippen LogP contribution in [-0.2, 0) is 4.79 Å². The normalized spacial score (nSPS) is 11.9. The van der Waals surface area contributed by atoms with Crippen molar-refractivity contribution in [1.82, 2.24) is 0 Å². The van der Waals surface area contributed by atoms with E-state index in [1.165, 1.54) is 0 Å². The summed E-state index contributed by atoms with van der Waals surface area (Å²) in [6, 6.07) is 13.6. The molecule has 0 aromatic heterocycles. The van der Waals surface area contributed by atoms with Crippen LogP contribution in [0.2, 0.25) is 5.02 Å². The number of hydrogen-bond donors (Lipinski definition) is 2. The van der Waals surface area contributed by atoms with Gasteiger partial charge in [-0.2, -0.15) is 0 Å². The monoisotopic (exact) mass is 275 g/mol. The van der Waals surface area contributed by atoms with Gasteiger partial charge in [0.25, 0.3) is 0 Å². The van der Waals surface area contributed by atoms with E-state index in [0.29, 0.717) is 10.6 Å². The zero-order valence-electron chi connectivity index (χ0n) is 10.4. The number of carboxylic acids is 1. The molecule has 0 aliphatic rings. The molecule has 2 rings (SSSR count). The van der Waals surface area contributed by atoms with Crippen LogP contribution in [-0.4, -0.2) is 11.1 Å². The molecule has 0 radical (unpaired) electrons. The van der Waals surface area contributed by atoms with Crippen LogP contribution in [0.15, 0.2) is 48.5 Å². The van der Waals surface area contributed by atoms with Gasteiger partial charge in [-0.05, 0) is 36.2 Å². The van der Waals surface area contributed by atoms with Crippen molar-refractivity contribution in [3.05, 3.63) is 64.7 Å². The van der Waals surface area contributed by atoms with Crippen molar-refractivity contribution >= 4 is 23.3 Å². The molecule has 3 nitrogen and oxygen atoms in total. The Morgan fingerprint density at radius 3 is 2.37 bits per heavy atom. The molecule has 19 heavy (non-hydrogen) atoms. The molecule has 0 saturated carbocycles. The van der Waals surface area contributed by atoms with Gasteiger partial charge in [0.05, 0.1) is 0 Å². The molecule has 0 spiro atoms. The fourth-order valence-electron chi connectivity index (χ4n) is 1.83. The fourth-order valence-corrected chi connectivity index (χ4v) is 1.96. The van der Waals surface area contributed by atoms with E-state index in [9.17, 15) is 9.90 Å². The predicted octanol–water partition coefficient (Wildman–Crippen LogP) is 3.89. The first-order chi connectivity index (χ1) is 9.08. The third-order valence-electron chi connectivity index (χ3n) is 2.90. The van der Waals surface area contributed by atoms with E-state index in [4.69, 9.17) is 11.6 Å². The molecule has 0 fully saturated rings. The minimum Gasteiger partial charge on any atom is -0.479 e. The van der Waals surface area contributed by atoms with Crippen molar-refractivity contribution in [2.75, 3.05) is 5.32 Å². The highest BCUT2D eigenvalue weighted by molar-refractivity contribution is 6.30. The Bertz CT molecular complexity index is 581. The van der Waals surface area contributed by atoms with Gasteiger partial charge in [-0.1, -0.05) is 41.9 Å². The highest BCUT2D eigenvalue weighted by atomic mass is 35.5. The van der Waals surface area contributed by atoms with Gasteiger partial charge in [0.1, 0.15) is 0 Å². The van der Waals surface area contributed by atoms with Crippen LogP contribution >= 0.6 is 11.6 Å². The number of aryl methyl sites for hydroxylation is 1. The Labute approximate surface area is 116 Å². The van der Waals surface area contributed by atoms with Gasteiger partial charge in [-0.3, -0.25) is 0 Å². The maximum absolute atomic E-state index is 11.4. The molecule has 0 bridgehead atoms. The van der Waals surface area contributed by atoms with E-state index >= 15 is 0 Å². The summed E-state index contributed by atoms with van der Waals surface area (Å²) in [6.07, 6.45) is 0. The van der Waals surface area contributed by atoms with Gasteiger partial charge in [0.15, 0.2) is 6.04 Å². The zero-order valence-corrected chi connectivity index (χ0v) is 11.2. The van der Waals surface area contributed by atoms with E-state index in [-0.39, 0.29) is 0 Å². The fraction of sp³-hybridized carbons (Fsp3) is 0.133. The van der Waals surface area contributed by atoms with Gasteiger partial charge in [-0.15, -0.1) is 0 Å². The molecule has 0 saturated heterocycles. The molecule has 0 heterocycles.